The maximum absolute atomic E-state index is 5.96. The smallest absolute Gasteiger partial charge is 0.170 e. The molecule has 0 saturated carbocycles. The van der Waals surface area contributed by atoms with E-state index in [4.69, 9.17) is 23.8 Å². The molecular weight excluding hydrogens is 316 g/mol. The van der Waals surface area contributed by atoms with Crippen molar-refractivity contribution in [3.8, 4) is 0 Å². The minimum absolute atomic E-state index is 0.188. The van der Waals surface area contributed by atoms with Gasteiger partial charge in [0.15, 0.2) is 5.11 Å². The largest absolute Gasteiger partial charge is 0.361 e. The summed E-state index contributed by atoms with van der Waals surface area (Å²) >= 11 is 11.3. The van der Waals surface area contributed by atoms with Gasteiger partial charge in [-0.15, -0.1) is 0 Å². The standard InChI is InChI=1S/C16H19ClN4S/c1-21(2)15(12-5-4-8-18-10-12)11-19-16(22)20-14-7-3-6-13(17)9-14/h3-10,15H,11H2,1-2H3,(H2,19,20,22)/t15-/m0/s1. The van der Waals surface area contributed by atoms with Crippen molar-refractivity contribution in [3.63, 3.8) is 0 Å². The van der Waals surface area contributed by atoms with Gasteiger partial charge in [-0.25, -0.2) is 0 Å². The molecule has 0 bridgehead atoms. The second-order valence-electron chi connectivity index (χ2n) is 5.11. The molecule has 1 atom stereocenters. The molecule has 0 radical (unpaired) electrons. The molecule has 22 heavy (non-hydrogen) atoms. The molecule has 4 nitrogen and oxygen atoms in total. The lowest BCUT2D eigenvalue weighted by molar-refractivity contribution is 0.298. The maximum atomic E-state index is 5.96. The number of nitrogens with one attached hydrogen (secondary N) is 2. The van der Waals surface area contributed by atoms with E-state index in [1.165, 1.54) is 0 Å². The van der Waals surface area contributed by atoms with Crippen LogP contribution in [0.25, 0.3) is 0 Å². The number of nitrogens with zero attached hydrogens (tertiary/aromatic N) is 2. The first kappa shape index (κ1) is 16.7. The summed E-state index contributed by atoms with van der Waals surface area (Å²) in [5, 5.41) is 7.61. The highest BCUT2D eigenvalue weighted by atomic mass is 35.5. The van der Waals surface area contributed by atoms with E-state index in [9.17, 15) is 0 Å². The van der Waals surface area contributed by atoms with Gasteiger partial charge in [0.2, 0.25) is 0 Å². The third-order valence-electron chi connectivity index (χ3n) is 3.23. The van der Waals surface area contributed by atoms with Crippen LogP contribution in [0, 0.1) is 0 Å². The zero-order valence-corrected chi connectivity index (χ0v) is 14.2. The van der Waals surface area contributed by atoms with Crippen molar-refractivity contribution >= 4 is 34.6 Å². The highest BCUT2D eigenvalue weighted by Gasteiger charge is 2.14. The van der Waals surface area contributed by atoms with Crippen LogP contribution in [0.3, 0.4) is 0 Å². The second-order valence-corrected chi connectivity index (χ2v) is 5.96. The highest BCUT2D eigenvalue weighted by molar-refractivity contribution is 7.80. The summed E-state index contributed by atoms with van der Waals surface area (Å²) < 4.78 is 0. The van der Waals surface area contributed by atoms with Crippen LogP contribution in [0.5, 0.6) is 0 Å². The summed E-state index contributed by atoms with van der Waals surface area (Å²) in [6.45, 7) is 0.686. The van der Waals surface area contributed by atoms with E-state index in [1.54, 1.807) is 6.20 Å². The fourth-order valence-electron chi connectivity index (χ4n) is 2.10. The first-order valence-electron chi connectivity index (χ1n) is 6.93. The minimum atomic E-state index is 0.188. The zero-order chi connectivity index (χ0) is 15.9. The second kappa shape index (κ2) is 8.08. The van der Waals surface area contributed by atoms with Crippen LogP contribution in [-0.4, -0.2) is 35.6 Å². The molecule has 1 aromatic carbocycles. The molecule has 1 heterocycles. The van der Waals surface area contributed by atoms with Gasteiger partial charge in [0.25, 0.3) is 0 Å². The van der Waals surface area contributed by atoms with Crippen molar-refractivity contribution in [1.29, 1.82) is 0 Å². The van der Waals surface area contributed by atoms with Gasteiger partial charge >= 0.3 is 0 Å². The number of pyridine rings is 1. The number of anilines is 1. The number of likely N-dealkylation sites (N-methyl/N-ethyl adjacent to an activating group) is 1. The van der Waals surface area contributed by atoms with Crippen LogP contribution in [0.1, 0.15) is 11.6 Å². The number of halogens is 1. The van der Waals surface area contributed by atoms with Gasteiger partial charge in [-0.2, -0.15) is 0 Å². The number of aromatic nitrogens is 1. The van der Waals surface area contributed by atoms with Gasteiger partial charge in [-0.3, -0.25) is 4.98 Å². The van der Waals surface area contributed by atoms with Crippen LogP contribution in [0.15, 0.2) is 48.8 Å². The Morgan fingerprint density at radius 2 is 2.14 bits per heavy atom. The molecule has 0 spiro atoms. The van der Waals surface area contributed by atoms with E-state index in [-0.39, 0.29) is 6.04 Å². The summed E-state index contributed by atoms with van der Waals surface area (Å²) in [5.41, 5.74) is 2.01. The van der Waals surface area contributed by atoms with Crippen molar-refractivity contribution in [2.45, 2.75) is 6.04 Å². The van der Waals surface area contributed by atoms with Gasteiger partial charge in [-0.05, 0) is 56.1 Å². The molecular formula is C16H19ClN4S. The molecule has 6 heteroatoms. The first-order chi connectivity index (χ1) is 10.6. The molecule has 0 fully saturated rings. The lowest BCUT2D eigenvalue weighted by Crippen LogP contribution is -2.36. The van der Waals surface area contributed by atoms with Crippen molar-refractivity contribution in [1.82, 2.24) is 15.2 Å². The third-order valence-corrected chi connectivity index (χ3v) is 3.71. The fraction of sp³-hybridized carbons (Fsp3) is 0.250. The summed E-state index contributed by atoms with van der Waals surface area (Å²) in [6.07, 6.45) is 3.65. The van der Waals surface area contributed by atoms with Gasteiger partial charge in [0.1, 0.15) is 0 Å². The van der Waals surface area contributed by atoms with E-state index < -0.39 is 0 Å². The maximum Gasteiger partial charge on any atom is 0.170 e. The molecule has 0 aliphatic heterocycles. The summed E-state index contributed by atoms with van der Waals surface area (Å²) in [6, 6.07) is 11.7. The lowest BCUT2D eigenvalue weighted by Gasteiger charge is -2.25. The Bertz CT molecular complexity index is 619. The van der Waals surface area contributed by atoms with Crippen LogP contribution in [0.2, 0.25) is 5.02 Å². The molecule has 0 aliphatic carbocycles. The molecule has 0 saturated heterocycles. The topological polar surface area (TPSA) is 40.2 Å². The van der Waals surface area contributed by atoms with Crippen LogP contribution in [-0.2, 0) is 0 Å². The first-order valence-corrected chi connectivity index (χ1v) is 7.71. The predicted molar refractivity (Wildman–Crippen MR) is 96.3 cm³/mol. The molecule has 1 aromatic heterocycles. The fourth-order valence-corrected chi connectivity index (χ4v) is 2.49. The van der Waals surface area contributed by atoms with E-state index in [2.05, 4.69) is 26.6 Å². The molecule has 2 rings (SSSR count). The van der Waals surface area contributed by atoms with Crippen LogP contribution >= 0.6 is 23.8 Å². The highest BCUT2D eigenvalue weighted by Crippen LogP contribution is 2.17. The Morgan fingerprint density at radius 1 is 1.32 bits per heavy atom. The summed E-state index contributed by atoms with van der Waals surface area (Å²) in [7, 11) is 4.07. The molecule has 0 amide bonds. The predicted octanol–water partition coefficient (Wildman–Crippen LogP) is 3.32. The Hall–Kier alpha value is -1.69. The Balaban J connectivity index is 1.94. The number of hydrogen-bond donors (Lipinski definition) is 2. The van der Waals surface area contributed by atoms with Crippen molar-refractivity contribution in [2.75, 3.05) is 26.0 Å². The number of benzene rings is 1. The number of rotatable bonds is 5. The summed E-state index contributed by atoms with van der Waals surface area (Å²) in [4.78, 5) is 6.31. The van der Waals surface area contributed by atoms with Crippen LogP contribution < -0.4 is 10.6 Å². The summed E-state index contributed by atoms with van der Waals surface area (Å²) in [5.74, 6) is 0. The number of thiocarbonyl (C=S) groups is 1. The van der Waals surface area contributed by atoms with Gasteiger partial charge < -0.3 is 15.5 Å². The Labute approximate surface area is 141 Å². The van der Waals surface area contributed by atoms with E-state index >= 15 is 0 Å². The zero-order valence-electron chi connectivity index (χ0n) is 12.6. The van der Waals surface area contributed by atoms with Gasteiger partial charge in [0.05, 0.1) is 6.04 Å². The van der Waals surface area contributed by atoms with E-state index in [0.29, 0.717) is 16.7 Å². The Kier molecular flexibility index (Phi) is 6.12. The third kappa shape index (κ3) is 4.94. The normalized spacial score (nSPS) is 12.0. The average molecular weight is 335 g/mol. The lowest BCUT2D eigenvalue weighted by atomic mass is 10.1. The molecule has 2 aromatic rings. The SMILES string of the molecule is CN(C)[C@@H](CNC(=S)Nc1cccc(Cl)c1)c1cccnc1. The van der Waals surface area contributed by atoms with Crippen LogP contribution in [0.4, 0.5) is 5.69 Å². The Morgan fingerprint density at radius 3 is 2.77 bits per heavy atom. The van der Waals surface area contributed by atoms with Crippen molar-refractivity contribution in [2.24, 2.45) is 0 Å². The van der Waals surface area contributed by atoms with E-state index in [1.807, 2.05) is 50.6 Å². The van der Waals surface area contributed by atoms with E-state index in [0.717, 1.165) is 11.3 Å². The minimum Gasteiger partial charge on any atom is -0.361 e. The van der Waals surface area contributed by atoms with Gasteiger partial charge in [-0.1, -0.05) is 23.7 Å². The molecule has 116 valence electrons. The molecule has 2 N–H and O–H groups in total. The molecule has 0 aliphatic rings. The average Bonchev–Trinajstić information content (AvgIpc) is 2.48. The van der Waals surface area contributed by atoms with Crippen molar-refractivity contribution in [3.05, 3.63) is 59.4 Å². The van der Waals surface area contributed by atoms with Gasteiger partial charge in [0, 0.05) is 29.6 Å². The number of hydrogen-bond acceptors (Lipinski definition) is 3. The van der Waals surface area contributed by atoms with Crippen molar-refractivity contribution < 1.29 is 0 Å². The molecule has 0 unspecified atom stereocenters. The quantitative estimate of drug-likeness (QED) is 0.821. The monoisotopic (exact) mass is 334 g/mol.